The SMILES string of the molecule is CSC1CCCC1NC1=NC2CCCC2CS1. The standard InChI is InChI=1S/C13H22N2S2/c1-16-12-7-3-6-11(12)15-13-14-10-5-2-4-9(10)8-17-13/h9-12H,2-8H2,1H3,(H,14,15). The molecule has 0 bridgehead atoms. The molecule has 0 spiro atoms. The van der Waals surface area contributed by atoms with Crippen molar-refractivity contribution >= 4 is 28.7 Å². The molecule has 1 aliphatic heterocycles. The Morgan fingerprint density at radius 2 is 2.12 bits per heavy atom. The Kier molecular flexibility index (Phi) is 3.90. The second-order valence-electron chi connectivity index (χ2n) is 5.46. The van der Waals surface area contributed by atoms with Crippen LogP contribution in [0.3, 0.4) is 0 Å². The van der Waals surface area contributed by atoms with Gasteiger partial charge in [0, 0.05) is 17.0 Å². The first-order valence-electron chi connectivity index (χ1n) is 6.87. The molecule has 17 heavy (non-hydrogen) atoms. The number of amidine groups is 1. The van der Waals surface area contributed by atoms with E-state index in [0.29, 0.717) is 12.1 Å². The van der Waals surface area contributed by atoms with Gasteiger partial charge in [-0.15, -0.1) is 0 Å². The highest BCUT2D eigenvalue weighted by molar-refractivity contribution is 8.13. The van der Waals surface area contributed by atoms with Gasteiger partial charge >= 0.3 is 0 Å². The third-order valence-corrected chi connectivity index (χ3v) is 6.66. The number of hydrogen-bond donors (Lipinski definition) is 1. The molecule has 2 nitrogen and oxygen atoms in total. The molecule has 0 aromatic rings. The van der Waals surface area contributed by atoms with Gasteiger partial charge in [0.1, 0.15) is 0 Å². The van der Waals surface area contributed by atoms with Crippen LogP contribution in [0.4, 0.5) is 0 Å². The fourth-order valence-corrected chi connectivity index (χ4v) is 5.51. The second-order valence-corrected chi connectivity index (χ2v) is 7.55. The van der Waals surface area contributed by atoms with Crippen LogP contribution in [0.25, 0.3) is 0 Å². The molecule has 4 heteroatoms. The van der Waals surface area contributed by atoms with Crippen molar-refractivity contribution in [1.29, 1.82) is 0 Å². The van der Waals surface area contributed by atoms with E-state index >= 15 is 0 Å². The van der Waals surface area contributed by atoms with Crippen LogP contribution in [0.5, 0.6) is 0 Å². The van der Waals surface area contributed by atoms with Crippen LogP contribution in [0.1, 0.15) is 38.5 Å². The van der Waals surface area contributed by atoms with E-state index < -0.39 is 0 Å². The molecule has 4 unspecified atom stereocenters. The summed E-state index contributed by atoms with van der Waals surface area (Å²) in [6, 6.07) is 1.32. The Balaban J connectivity index is 1.61. The van der Waals surface area contributed by atoms with E-state index in [1.165, 1.54) is 49.4 Å². The van der Waals surface area contributed by atoms with Crippen LogP contribution in [-0.4, -0.2) is 34.5 Å². The van der Waals surface area contributed by atoms with Gasteiger partial charge in [0.2, 0.25) is 0 Å². The van der Waals surface area contributed by atoms with Gasteiger partial charge in [0.05, 0.1) is 6.04 Å². The summed E-state index contributed by atoms with van der Waals surface area (Å²) in [5, 5.41) is 5.78. The Labute approximate surface area is 113 Å². The molecule has 2 saturated carbocycles. The highest BCUT2D eigenvalue weighted by atomic mass is 32.2. The Hall–Kier alpha value is 0.170. The number of thioether (sulfide) groups is 2. The van der Waals surface area contributed by atoms with Gasteiger partial charge in [-0.2, -0.15) is 11.8 Å². The van der Waals surface area contributed by atoms with Crippen LogP contribution < -0.4 is 5.32 Å². The van der Waals surface area contributed by atoms with Crippen LogP contribution in [-0.2, 0) is 0 Å². The number of hydrogen-bond acceptors (Lipinski definition) is 4. The summed E-state index contributed by atoms with van der Waals surface area (Å²) in [6.07, 6.45) is 10.5. The number of nitrogens with zero attached hydrogens (tertiary/aromatic N) is 1. The van der Waals surface area contributed by atoms with Crippen molar-refractivity contribution in [2.75, 3.05) is 12.0 Å². The van der Waals surface area contributed by atoms with Gasteiger partial charge in [-0.05, 0) is 37.9 Å². The quantitative estimate of drug-likeness (QED) is 0.834. The largest absolute Gasteiger partial charge is 0.361 e. The predicted octanol–water partition coefficient (Wildman–Crippen LogP) is 3.13. The summed E-state index contributed by atoms with van der Waals surface area (Å²) < 4.78 is 0. The van der Waals surface area contributed by atoms with Gasteiger partial charge in [-0.3, -0.25) is 4.99 Å². The lowest BCUT2D eigenvalue weighted by atomic mass is 10.1. The maximum absolute atomic E-state index is 4.94. The maximum atomic E-state index is 4.94. The number of fused-ring (bicyclic) bond motifs is 1. The zero-order valence-electron chi connectivity index (χ0n) is 10.5. The minimum absolute atomic E-state index is 0.646. The molecule has 1 N–H and O–H groups in total. The fourth-order valence-electron chi connectivity index (χ4n) is 3.37. The molecule has 0 saturated heterocycles. The molecule has 96 valence electrons. The van der Waals surface area contributed by atoms with Crippen LogP contribution in [0.15, 0.2) is 4.99 Å². The Morgan fingerprint density at radius 1 is 1.24 bits per heavy atom. The summed E-state index contributed by atoms with van der Waals surface area (Å²) >= 11 is 3.99. The predicted molar refractivity (Wildman–Crippen MR) is 79.1 cm³/mol. The van der Waals surface area contributed by atoms with Crippen molar-refractivity contribution in [3.63, 3.8) is 0 Å². The minimum Gasteiger partial charge on any atom is -0.361 e. The van der Waals surface area contributed by atoms with Gasteiger partial charge in [-0.25, -0.2) is 0 Å². The van der Waals surface area contributed by atoms with E-state index in [9.17, 15) is 0 Å². The normalized spacial score (nSPS) is 41.1. The van der Waals surface area contributed by atoms with Crippen molar-refractivity contribution in [1.82, 2.24) is 5.32 Å². The molecular weight excluding hydrogens is 248 g/mol. The lowest BCUT2D eigenvalue weighted by molar-refractivity contribution is 0.529. The van der Waals surface area contributed by atoms with Gasteiger partial charge in [-0.1, -0.05) is 24.6 Å². The lowest BCUT2D eigenvalue weighted by Crippen LogP contribution is -2.40. The van der Waals surface area contributed by atoms with Crippen LogP contribution in [0, 0.1) is 5.92 Å². The van der Waals surface area contributed by atoms with Gasteiger partial charge in [0.15, 0.2) is 5.17 Å². The van der Waals surface area contributed by atoms with Crippen LogP contribution in [0.2, 0.25) is 0 Å². The number of rotatable bonds is 2. The van der Waals surface area contributed by atoms with E-state index in [2.05, 4.69) is 11.6 Å². The van der Waals surface area contributed by atoms with Crippen molar-refractivity contribution in [3.8, 4) is 0 Å². The smallest absolute Gasteiger partial charge is 0.157 e. The minimum atomic E-state index is 0.646. The van der Waals surface area contributed by atoms with Crippen molar-refractivity contribution in [3.05, 3.63) is 0 Å². The van der Waals surface area contributed by atoms with E-state index in [1.807, 2.05) is 23.5 Å². The number of nitrogens with one attached hydrogen (secondary N) is 1. The molecule has 2 fully saturated rings. The van der Waals surface area contributed by atoms with Gasteiger partial charge < -0.3 is 5.32 Å². The summed E-state index contributed by atoms with van der Waals surface area (Å²) in [5.74, 6) is 2.18. The summed E-state index contributed by atoms with van der Waals surface area (Å²) in [5.41, 5.74) is 0. The molecule has 2 aliphatic carbocycles. The Bertz CT molecular complexity index is 306. The van der Waals surface area contributed by atoms with E-state index in [1.54, 1.807) is 0 Å². The van der Waals surface area contributed by atoms with E-state index in [-0.39, 0.29) is 0 Å². The molecule has 3 aliphatic rings. The average Bonchev–Trinajstić information content (AvgIpc) is 2.96. The lowest BCUT2D eigenvalue weighted by Gasteiger charge is -2.27. The van der Waals surface area contributed by atoms with E-state index in [0.717, 1.165) is 11.2 Å². The van der Waals surface area contributed by atoms with Crippen LogP contribution >= 0.6 is 23.5 Å². The molecule has 1 heterocycles. The average molecular weight is 270 g/mol. The molecule has 0 aromatic carbocycles. The molecule has 0 amide bonds. The zero-order chi connectivity index (χ0) is 11.7. The first-order chi connectivity index (χ1) is 8.36. The molecular formula is C13H22N2S2. The molecule has 0 radical (unpaired) electrons. The van der Waals surface area contributed by atoms with Gasteiger partial charge in [0.25, 0.3) is 0 Å². The fraction of sp³-hybridized carbons (Fsp3) is 0.923. The molecule has 0 aromatic heterocycles. The highest BCUT2D eigenvalue weighted by Gasteiger charge is 2.33. The van der Waals surface area contributed by atoms with E-state index in [4.69, 9.17) is 4.99 Å². The maximum Gasteiger partial charge on any atom is 0.157 e. The summed E-state index contributed by atoms with van der Waals surface area (Å²) in [4.78, 5) is 4.94. The third kappa shape index (κ3) is 2.62. The highest BCUT2D eigenvalue weighted by Crippen LogP contribution is 2.36. The third-order valence-electron chi connectivity index (χ3n) is 4.40. The zero-order valence-corrected chi connectivity index (χ0v) is 12.2. The number of aliphatic imine (C=N–C) groups is 1. The molecule has 3 rings (SSSR count). The van der Waals surface area contributed by atoms with Crippen molar-refractivity contribution < 1.29 is 0 Å². The summed E-state index contributed by atoms with van der Waals surface area (Å²) in [7, 11) is 0. The topological polar surface area (TPSA) is 24.4 Å². The monoisotopic (exact) mass is 270 g/mol. The Morgan fingerprint density at radius 3 is 3.00 bits per heavy atom. The van der Waals surface area contributed by atoms with Crippen molar-refractivity contribution in [2.45, 2.75) is 55.9 Å². The summed E-state index contributed by atoms with van der Waals surface area (Å²) in [6.45, 7) is 0. The molecule has 4 atom stereocenters. The second kappa shape index (κ2) is 5.43. The first kappa shape index (κ1) is 12.2. The van der Waals surface area contributed by atoms with Crippen molar-refractivity contribution in [2.24, 2.45) is 10.9 Å². The first-order valence-corrected chi connectivity index (χ1v) is 9.14.